The zero-order valence-corrected chi connectivity index (χ0v) is 34.0. The van der Waals surface area contributed by atoms with Crippen LogP contribution in [-0.2, 0) is 27.7 Å². The van der Waals surface area contributed by atoms with Crippen molar-refractivity contribution in [3.05, 3.63) is 168 Å². The van der Waals surface area contributed by atoms with E-state index in [1.54, 1.807) is 12.2 Å². The molecule has 0 bridgehead atoms. The Morgan fingerprint density at radius 1 is 0.719 bits per heavy atom. The van der Waals surface area contributed by atoms with E-state index in [9.17, 15) is 9.90 Å². The minimum Gasteiger partial charge on any atom is -0.458 e. The third-order valence-electron chi connectivity index (χ3n) is 11.7. The Hall–Kier alpha value is -4.62. The second kappa shape index (κ2) is 18.3. The summed E-state index contributed by atoms with van der Waals surface area (Å²) < 4.78 is 40.9. The van der Waals surface area contributed by atoms with Crippen molar-refractivity contribution in [2.45, 2.75) is 70.7 Å². The van der Waals surface area contributed by atoms with Crippen molar-refractivity contribution in [3.8, 4) is 22.3 Å². The Kier molecular flexibility index (Phi) is 13.0. The number of aliphatic hydroxyl groups is 1. The average molecular weight is 785 g/mol. The lowest BCUT2D eigenvalue weighted by atomic mass is 9.85. The van der Waals surface area contributed by atoms with Gasteiger partial charge in [0.1, 0.15) is 6.10 Å². The Labute approximate surface area is 337 Å². The topological polar surface area (TPSA) is 91.3 Å². The van der Waals surface area contributed by atoms with E-state index in [-0.39, 0.29) is 49.0 Å². The lowest BCUT2D eigenvalue weighted by Crippen LogP contribution is -2.35. The van der Waals surface area contributed by atoms with E-state index in [0.717, 1.165) is 44.5 Å². The summed E-state index contributed by atoms with van der Waals surface area (Å²) >= 11 is 0. The van der Waals surface area contributed by atoms with Crippen molar-refractivity contribution in [3.63, 3.8) is 0 Å². The molecule has 57 heavy (non-hydrogen) atoms. The molecule has 0 spiro atoms. The minimum absolute atomic E-state index is 0.0390. The Morgan fingerprint density at radius 2 is 1.19 bits per heavy atom. The highest BCUT2D eigenvalue weighted by molar-refractivity contribution is 7.48. The molecule has 1 N–H and O–H groups in total. The van der Waals surface area contributed by atoms with Crippen LogP contribution in [0.4, 0.5) is 0 Å². The number of phosphoric acid groups is 1. The largest absolute Gasteiger partial charge is 0.475 e. The molecule has 2 aliphatic carbocycles. The van der Waals surface area contributed by atoms with Gasteiger partial charge in [0.05, 0.1) is 25.4 Å². The standard InChI is InChI=1S/C49H53O7P/c1-5-6-7-8-9-26-46(50)35(4)47(29-27-33(2)49-34(3)28-30-48(51)55-49)56-57(52,53-31-44-40-22-14-10-18-36(40)37-19-11-15-23-41(37)44)54-32-45-42-24-16-12-20-38(42)39-21-13-17-25-43(39)45/h5-26,28,30,33-35,44-47,49-50H,27,29,31-32H2,1-4H3/b6-5+,8-7-,26-9-/t33-,34-,35-,46-,47-,49-/m0/s1. The minimum atomic E-state index is -4.33. The number of allylic oxidation sites excluding steroid dienone is 5. The number of ether oxygens (including phenoxy) is 1. The Morgan fingerprint density at radius 3 is 1.68 bits per heavy atom. The number of carbonyl (C=O) groups is 1. The van der Waals surface area contributed by atoms with Gasteiger partial charge in [0.15, 0.2) is 0 Å². The molecular formula is C49H53O7P. The zero-order valence-electron chi connectivity index (χ0n) is 33.1. The van der Waals surface area contributed by atoms with Gasteiger partial charge in [0.2, 0.25) is 0 Å². The maximum atomic E-state index is 15.4. The summed E-state index contributed by atoms with van der Waals surface area (Å²) in [5.74, 6) is -1.23. The van der Waals surface area contributed by atoms with Gasteiger partial charge in [-0.25, -0.2) is 9.36 Å². The van der Waals surface area contributed by atoms with Crippen LogP contribution in [0.3, 0.4) is 0 Å². The molecule has 4 aromatic carbocycles. The van der Waals surface area contributed by atoms with Crippen molar-refractivity contribution in [2.24, 2.45) is 17.8 Å². The predicted octanol–water partition coefficient (Wildman–Crippen LogP) is 11.4. The van der Waals surface area contributed by atoms with Crippen molar-refractivity contribution in [2.75, 3.05) is 13.2 Å². The number of esters is 1. The maximum absolute atomic E-state index is 15.4. The quantitative estimate of drug-likeness (QED) is 0.0647. The summed E-state index contributed by atoms with van der Waals surface area (Å²) in [5.41, 5.74) is 8.90. The monoisotopic (exact) mass is 784 g/mol. The van der Waals surface area contributed by atoms with Gasteiger partial charge in [-0.15, -0.1) is 0 Å². The summed E-state index contributed by atoms with van der Waals surface area (Å²) in [6.07, 6.45) is 13.5. The van der Waals surface area contributed by atoms with Gasteiger partial charge in [-0.05, 0) is 70.2 Å². The third kappa shape index (κ3) is 9.09. The summed E-state index contributed by atoms with van der Waals surface area (Å²) in [5, 5.41) is 11.5. The number of cyclic esters (lactones) is 1. The molecule has 0 saturated carbocycles. The molecule has 7 nitrogen and oxygen atoms in total. The fourth-order valence-electron chi connectivity index (χ4n) is 8.54. The van der Waals surface area contributed by atoms with Gasteiger partial charge in [-0.3, -0.25) is 13.6 Å². The van der Waals surface area contributed by atoms with E-state index in [1.165, 1.54) is 6.08 Å². The van der Waals surface area contributed by atoms with Crippen molar-refractivity contribution in [1.29, 1.82) is 0 Å². The summed E-state index contributed by atoms with van der Waals surface area (Å²) in [6, 6.07) is 33.0. The molecular weight excluding hydrogens is 732 g/mol. The van der Waals surface area contributed by atoms with Crippen LogP contribution in [0.5, 0.6) is 0 Å². The van der Waals surface area contributed by atoms with Crippen molar-refractivity contribution >= 4 is 13.8 Å². The van der Waals surface area contributed by atoms with Crippen LogP contribution in [0, 0.1) is 17.8 Å². The van der Waals surface area contributed by atoms with Crippen LogP contribution in [0.25, 0.3) is 22.3 Å². The molecule has 296 valence electrons. The van der Waals surface area contributed by atoms with E-state index in [2.05, 4.69) is 48.5 Å². The van der Waals surface area contributed by atoms with E-state index in [4.69, 9.17) is 18.3 Å². The summed E-state index contributed by atoms with van der Waals surface area (Å²) in [4.78, 5) is 12.2. The summed E-state index contributed by atoms with van der Waals surface area (Å²) in [7, 11) is -4.33. The van der Waals surface area contributed by atoms with Gasteiger partial charge in [0, 0.05) is 29.7 Å². The molecule has 1 aliphatic heterocycles. The van der Waals surface area contributed by atoms with Gasteiger partial charge in [-0.1, -0.05) is 160 Å². The van der Waals surface area contributed by atoms with E-state index >= 15 is 4.57 Å². The van der Waals surface area contributed by atoms with Gasteiger partial charge < -0.3 is 9.84 Å². The van der Waals surface area contributed by atoms with Gasteiger partial charge >= 0.3 is 13.8 Å². The molecule has 4 aromatic rings. The molecule has 8 heteroatoms. The number of rotatable bonds is 17. The maximum Gasteiger partial charge on any atom is 0.475 e. The van der Waals surface area contributed by atoms with Gasteiger partial charge in [0.25, 0.3) is 0 Å². The smallest absolute Gasteiger partial charge is 0.458 e. The van der Waals surface area contributed by atoms with Crippen molar-refractivity contribution < 1.29 is 32.8 Å². The van der Waals surface area contributed by atoms with E-state index in [1.807, 2.05) is 107 Å². The average Bonchev–Trinajstić information content (AvgIpc) is 3.73. The Bertz CT molecular complexity index is 2010. The lowest BCUT2D eigenvalue weighted by molar-refractivity contribution is -0.149. The van der Waals surface area contributed by atoms with Crippen LogP contribution in [-0.4, -0.2) is 42.6 Å². The van der Waals surface area contributed by atoms with Crippen LogP contribution in [0.2, 0.25) is 0 Å². The predicted molar refractivity (Wildman–Crippen MR) is 227 cm³/mol. The van der Waals surface area contributed by atoms with E-state index < -0.39 is 25.9 Å². The first-order chi connectivity index (χ1) is 27.7. The fourth-order valence-corrected chi connectivity index (χ4v) is 10.0. The molecule has 0 aromatic heterocycles. The van der Waals surface area contributed by atoms with Crippen molar-refractivity contribution in [1.82, 2.24) is 0 Å². The highest BCUT2D eigenvalue weighted by atomic mass is 31.2. The fraction of sp³-hybridized carbons (Fsp3) is 0.327. The number of hydrogen-bond acceptors (Lipinski definition) is 7. The zero-order chi connectivity index (χ0) is 39.9. The molecule has 3 aliphatic rings. The first-order valence-electron chi connectivity index (χ1n) is 20.1. The number of fused-ring (bicyclic) bond motifs is 6. The number of phosphoric ester groups is 1. The molecule has 0 fully saturated rings. The van der Waals surface area contributed by atoms with Crippen LogP contribution >= 0.6 is 7.82 Å². The molecule has 7 rings (SSSR count). The summed E-state index contributed by atoms with van der Waals surface area (Å²) in [6.45, 7) is 8.06. The van der Waals surface area contributed by atoms with Gasteiger partial charge in [-0.2, -0.15) is 0 Å². The highest BCUT2D eigenvalue weighted by Gasteiger charge is 2.40. The number of hydrogen-bond donors (Lipinski definition) is 1. The molecule has 0 radical (unpaired) electrons. The molecule has 0 amide bonds. The normalized spacial score (nSPS) is 20.1. The number of aliphatic hydroxyl groups excluding tert-OH is 1. The molecule has 0 unspecified atom stereocenters. The second-order valence-corrected chi connectivity index (χ2v) is 17.1. The van der Waals surface area contributed by atoms with E-state index in [0.29, 0.717) is 12.8 Å². The number of carbonyl (C=O) groups excluding carboxylic acids is 1. The third-order valence-corrected chi connectivity index (χ3v) is 13.2. The highest BCUT2D eigenvalue weighted by Crippen LogP contribution is 2.57. The molecule has 6 atom stereocenters. The van der Waals surface area contributed by atoms with Crippen LogP contribution in [0.15, 0.2) is 146 Å². The first kappa shape index (κ1) is 40.6. The van der Waals surface area contributed by atoms with Crippen LogP contribution < -0.4 is 0 Å². The van der Waals surface area contributed by atoms with Crippen LogP contribution in [0.1, 0.15) is 74.6 Å². The lowest BCUT2D eigenvalue weighted by Gasteiger charge is -2.33. The number of benzene rings is 4. The first-order valence-corrected chi connectivity index (χ1v) is 21.6. The molecule has 1 heterocycles. The molecule has 0 saturated heterocycles. The SMILES string of the molecule is C/C=C/C=C\C=C/[C@H](O)[C@H](C)[C@H](CC[C@H](C)[C@@H]1OC(=O)C=C[C@@H]1C)OP(=O)(OCC1c2ccccc2-c2ccccc21)OCC1c2ccccc2-c2ccccc21. The Balaban J connectivity index is 1.19. The second-order valence-electron chi connectivity index (χ2n) is 15.5.